The minimum atomic E-state index is -5.08. The molecular weight excluding hydrogens is 569 g/mol. The SMILES string of the molecule is COc1ccc(S(=O)(=O)NCc2cccn(C(C(N)=O)C(C)ON=C(N)N)c2=O)cc1OC.O=C(O)C(F)(F)F. The largest absolute Gasteiger partial charge is 0.493 e. The standard InChI is InChI=1S/C19H26N6O7S.C2HF3O2/c1-11(32-24-19(21)22)16(17(20)26)25-8-4-5-12(18(25)27)10-23-33(28,29)13-6-7-14(30-2)15(9-13)31-3;3-2(4,5)1(6)7/h4-9,11,16,23H,10H2,1-3H3,(H2,20,26)(H4,21,22,24);(H,6,7). The third-order valence-electron chi connectivity index (χ3n) is 4.77. The molecule has 0 saturated heterocycles. The van der Waals surface area contributed by atoms with Gasteiger partial charge in [-0.05, 0) is 30.3 Å². The molecule has 1 aromatic carbocycles. The van der Waals surface area contributed by atoms with Crippen molar-refractivity contribution >= 4 is 27.9 Å². The highest BCUT2D eigenvalue weighted by Gasteiger charge is 2.38. The maximum Gasteiger partial charge on any atom is 0.490 e. The number of aliphatic carboxylic acids is 1. The highest BCUT2D eigenvalue weighted by molar-refractivity contribution is 7.89. The molecule has 1 heterocycles. The Labute approximate surface area is 225 Å². The molecular formula is C21H27F3N6O9S. The molecule has 40 heavy (non-hydrogen) atoms. The number of carboxylic acid groups (broad SMARTS) is 1. The van der Waals surface area contributed by atoms with Crippen molar-refractivity contribution in [2.75, 3.05) is 14.2 Å². The molecule has 2 rings (SSSR count). The fourth-order valence-corrected chi connectivity index (χ4v) is 3.97. The van der Waals surface area contributed by atoms with Gasteiger partial charge in [0.05, 0.1) is 19.1 Å². The van der Waals surface area contributed by atoms with Crippen LogP contribution in [0.3, 0.4) is 0 Å². The number of benzene rings is 1. The van der Waals surface area contributed by atoms with Crippen molar-refractivity contribution in [3.05, 3.63) is 52.4 Å². The Morgan fingerprint density at radius 3 is 2.17 bits per heavy atom. The minimum Gasteiger partial charge on any atom is -0.493 e. The van der Waals surface area contributed by atoms with Crippen molar-refractivity contribution in [1.29, 1.82) is 0 Å². The predicted octanol–water partition coefficient (Wildman–Crippen LogP) is -0.403. The maximum absolute atomic E-state index is 12.9. The Morgan fingerprint density at radius 2 is 1.70 bits per heavy atom. The van der Waals surface area contributed by atoms with Gasteiger partial charge >= 0.3 is 12.1 Å². The van der Waals surface area contributed by atoms with Crippen molar-refractivity contribution in [2.45, 2.75) is 36.7 Å². The van der Waals surface area contributed by atoms with Gasteiger partial charge in [-0.3, -0.25) is 14.2 Å². The number of nitrogens with two attached hydrogens (primary N) is 3. The van der Waals surface area contributed by atoms with Crippen LogP contribution in [-0.2, 0) is 31.0 Å². The Morgan fingerprint density at radius 1 is 1.12 bits per heavy atom. The van der Waals surface area contributed by atoms with Crippen LogP contribution in [0, 0.1) is 0 Å². The average molecular weight is 597 g/mol. The summed E-state index contributed by atoms with van der Waals surface area (Å²) in [5.74, 6) is -3.43. The third kappa shape index (κ3) is 9.34. The molecule has 0 spiro atoms. The monoisotopic (exact) mass is 596 g/mol. The summed E-state index contributed by atoms with van der Waals surface area (Å²) < 4.78 is 70.8. The molecule has 0 aliphatic heterocycles. The van der Waals surface area contributed by atoms with E-state index in [1.165, 1.54) is 57.7 Å². The van der Waals surface area contributed by atoms with Crippen LogP contribution in [0.4, 0.5) is 13.2 Å². The van der Waals surface area contributed by atoms with Gasteiger partial charge < -0.3 is 36.6 Å². The number of pyridine rings is 1. The zero-order valence-corrected chi connectivity index (χ0v) is 22.0. The number of guanidine groups is 1. The number of amides is 1. The van der Waals surface area contributed by atoms with Gasteiger partial charge in [0, 0.05) is 24.4 Å². The van der Waals surface area contributed by atoms with E-state index in [1.807, 2.05) is 0 Å². The summed E-state index contributed by atoms with van der Waals surface area (Å²) in [4.78, 5) is 38.8. The second kappa shape index (κ2) is 14.0. The van der Waals surface area contributed by atoms with Crippen LogP contribution in [0.2, 0.25) is 0 Å². The molecule has 0 radical (unpaired) electrons. The molecule has 0 bridgehead atoms. The number of rotatable bonds is 11. The van der Waals surface area contributed by atoms with Crippen LogP contribution >= 0.6 is 0 Å². The highest BCUT2D eigenvalue weighted by atomic mass is 32.2. The van der Waals surface area contributed by atoms with Gasteiger partial charge in [-0.1, -0.05) is 6.07 Å². The second-order valence-corrected chi connectivity index (χ2v) is 9.33. The van der Waals surface area contributed by atoms with Gasteiger partial charge in [0.15, 0.2) is 23.6 Å². The number of aromatic nitrogens is 1. The number of carbonyl (C=O) groups excluding carboxylic acids is 1. The lowest BCUT2D eigenvalue weighted by Crippen LogP contribution is -2.42. The van der Waals surface area contributed by atoms with Crippen LogP contribution in [0.1, 0.15) is 18.5 Å². The molecule has 222 valence electrons. The number of nitrogens with zero attached hydrogens (tertiary/aromatic N) is 2. The van der Waals surface area contributed by atoms with Crippen molar-refractivity contribution in [3.8, 4) is 11.5 Å². The zero-order valence-electron chi connectivity index (χ0n) is 21.2. The summed E-state index contributed by atoms with van der Waals surface area (Å²) in [6.07, 6.45) is -4.76. The lowest BCUT2D eigenvalue weighted by Gasteiger charge is -2.22. The average Bonchev–Trinajstić information content (AvgIpc) is 2.87. The number of hydrogen-bond donors (Lipinski definition) is 5. The number of ether oxygens (including phenoxy) is 2. The van der Waals surface area contributed by atoms with Crippen LogP contribution in [-0.4, -0.2) is 62.4 Å². The Kier molecular flexibility index (Phi) is 11.8. The number of methoxy groups -OCH3 is 2. The molecule has 0 fully saturated rings. The summed E-state index contributed by atoms with van der Waals surface area (Å²) in [6, 6.07) is 5.68. The molecule has 1 aromatic heterocycles. The fourth-order valence-electron chi connectivity index (χ4n) is 2.95. The van der Waals surface area contributed by atoms with E-state index in [2.05, 4.69) is 9.88 Å². The molecule has 8 N–H and O–H groups in total. The number of hydrogen-bond acceptors (Lipinski definition) is 9. The number of halogens is 3. The fraction of sp³-hybridized carbons (Fsp3) is 0.333. The zero-order chi connectivity index (χ0) is 30.8. The lowest BCUT2D eigenvalue weighted by atomic mass is 10.1. The number of nitrogens with one attached hydrogen (secondary N) is 1. The summed E-state index contributed by atoms with van der Waals surface area (Å²) >= 11 is 0. The third-order valence-corrected chi connectivity index (χ3v) is 6.17. The number of alkyl halides is 3. The normalized spacial score (nSPS) is 12.7. The minimum absolute atomic E-state index is 0.0573. The first-order valence-electron chi connectivity index (χ1n) is 10.7. The van der Waals surface area contributed by atoms with Gasteiger partial charge in [-0.2, -0.15) is 13.2 Å². The molecule has 2 atom stereocenters. The topological polar surface area (TPSA) is 241 Å². The van der Waals surface area contributed by atoms with Crippen molar-refractivity contribution in [2.24, 2.45) is 22.4 Å². The van der Waals surface area contributed by atoms with Gasteiger partial charge in [0.2, 0.25) is 21.9 Å². The quantitative estimate of drug-likeness (QED) is 0.127. The molecule has 19 heteroatoms. The van der Waals surface area contributed by atoms with E-state index in [0.717, 1.165) is 4.57 Å². The summed E-state index contributed by atoms with van der Waals surface area (Å²) in [7, 11) is -1.21. The summed E-state index contributed by atoms with van der Waals surface area (Å²) in [5.41, 5.74) is 15.3. The maximum atomic E-state index is 12.9. The van der Waals surface area contributed by atoms with Crippen LogP contribution in [0.5, 0.6) is 11.5 Å². The molecule has 2 unspecified atom stereocenters. The summed E-state index contributed by atoms with van der Waals surface area (Å²) in [6.45, 7) is 1.09. The van der Waals surface area contributed by atoms with Gasteiger partial charge in [0.25, 0.3) is 5.56 Å². The van der Waals surface area contributed by atoms with Gasteiger partial charge in [0.1, 0.15) is 0 Å². The molecule has 1 amide bonds. The van der Waals surface area contributed by atoms with E-state index < -0.39 is 45.8 Å². The van der Waals surface area contributed by atoms with E-state index in [9.17, 15) is 31.2 Å². The van der Waals surface area contributed by atoms with E-state index >= 15 is 0 Å². The predicted molar refractivity (Wildman–Crippen MR) is 133 cm³/mol. The van der Waals surface area contributed by atoms with Gasteiger partial charge in [-0.15, -0.1) is 0 Å². The molecule has 0 aliphatic rings. The first-order valence-corrected chi connectivity index (χ1v) is 12.2. The van der Waals surface area contributed by atoms with Gasteiger partial charge in [-0.25, -0.2) is 17.9 Å². The first kappa shape index (κ1) is 33.5. The Bertz CT molecular complexity index is 1390. The second-order valence-electron chi connectivity index (χ2n) is 7.56. The van der Waals surface area contributed by atoms with Crippen molar-refractivity contribution in [3.63, 3.8) is 0 Å². The number of sulfonamides is 1. The molecule has 0 saturated carbocycles. The van der Waals surface area contributed by atoms with E-state index in [-0.39, 0.29) is 28.7 Å². The number of oxime groups is 1. The van der Waals surface area contributed by atoms with Crippen LogP contribution in [0.25, 0.3) is 0 Å². The Balaban J connectivity index is 0.00000101. The molecule has 15 nitrogen and oxygen atoms in total. The summed E-state index contributed by atoms with van der Waals surface area (Å²) in [5, 5.41) is 10.5. The van der Waals surface area contributed by atoms with E-state index in [1.54, 1.807) is 0 Å². The van der Waals surface area contributed by atoms with Crippen molar-refractivity contribution in [1.82, 2.24) is 9.29 Å². The highest BCUT2D eigenvalue weighted by Crippen LogP contribution is 2.29. The number of carbonyl (C=O) groups is 2. The lowest BCUT2D eigenvalue weighted by molar-refractivity contribution is -0.192. The Hall–Kier alpha value is -4.52. The van der Waals surface area contributed by atoms with E-state index in [4.69, 9.17) is 41.4 Å². The van der Waals surface area contributed by atoms with E-state index in [0.29, 0.717) is 5.75 Å². The van der Waals surface area contributed by atoms with Crippen molar-refractivity contribution < 1.29 is 50.6 Å². The first-order chi connectivity index (χ1) is 18.5. The molecule has 2 aromatic rings. The smallest absolute Gasteiger partial charge is 0.490 e. The number of carboxylic acids is 1. The van der Waals surface area contributed by atoms with Crippen LogP contribution < -0.4 is 37.0 Å². The van der Waals surface area contributed by atoms with Crippen LogP contribution in [0.15, 0.2) is 51.4 Å². The molecule has 0 aliphatic carbocycles. The number of primary amides is 1.